The number of carbonyl (C=O) groups is 2. The van der Waals surface area contributed by atoms with E-state index in [4.69, 9.17) is 0 Å². The molecule has 2 heterocycles. The minimum Gasteiger partial charge on any atom is -0.353 e. The Morgan fingerprint density at radius 1 is 1.27 bits per heavy atom. The third-order valence-corrected chi connectivity index (χ3v) is 4.45. The molecule has 1 atom stereocenters. The molecule has 3 rings (SSSR count). The van der Waals surface area contributed by atoms with Crippen LogP contribution in [-0.2, 0) is 9.59 Å². The fourth-order valence-corrected chi connectivity index (χ4v) is 3.40. The molecule has 1 unspecified atom stereocenters. The van der Waals surface area contributed by atoms with Crippen molar-refractivity contribution < 1.29 is 9.59 Å². The van der Waals surface area contributed by atoms with Crippen LogP contribution in [0, 0.1) is 0 Å². The summed E-state index contributed by atoms with van der Waals surface area (Å²) in [5, 5.41) is 7.67. The number of amides is 2. The van der Waals surface area contributed by atoms with E-state index < -0.39 is 0 Å². The lowest BCUT2D eigenvalue weighted by Crippen LogP contribution is -2.51. The first kappa shape index (κ1) is 14.7. The Hall–Kier alpha value is -2.18. The zero-order valence-electron chi connectivity index (χ0n) is 12.0. The quantitative estimate of drug-likeness (QED) is 0.905. The fraction of sp³-hybridized carbons (Fsp3) is 0.250. The number of anilines is 1. The standard InChI is InChI=1S/C16H17N3O2S/c20-14(18-12-5-2-1-3-6-12)11-19-9-8-17-16(21)15(19)13-7-4-10-22-13/h1-7,10,15H,8-9,11H2,(H,17,21)(H,18,20). The van der Waals surface area contributed by atoms with Crippen LogP contribution >= 0.6 is 11.3 Å². The van der Waals surface area contributed by atoms with Crippen molar-refractivity contribution in [2.24, 2.45) is 0 Å². The van der Waals surface area contributed by atoms with Crippen molar-refractivity contribution in [1.29, 1.82) is 0 Å². The molecule has 1 aliphatic heterocycles. The number of hydrogen-bond acceptors (Lipinski definition) is 4. The topological polar surface area (TPSA) is 61.4 Å². The summed E-state index contributed by atoms with van der Waals surface area (Å²) in [5.41, 5.74) is 0.765. The molecule has 1 fully saturated rings. The van der Waals surface area contributed by atoms with Gasteiger partial charge in [0.05, 0.1) is 6.54 Å². The van der Waals surface area contributed by atoms with Gasteiger partial charge in [-0.25, -0.2) is 0 Å². The van der Waals surface area contributed by atoms with E-state index >= 15 is 0 Å². The lowest BCUT2D eigenvalue weighted by Gasteiger charge is -2.33. The average Bonchev–Trinajstić information content (AvgIpc) is 3.02. The maximum absolute atomic E-state index is 12.2. The molecule has 2 aromatic rings. The van der Waals surface area contributed by atoms with E-state index in [1.54, 1.807) is 0 Å². The Morgan fingerprint density at radius 2 is 2.09 bits per heavy atom. The molecule has 5 nitrogen and oxygen atoms in total. The summed E-state index contributed by atoms with van der Waals surface area (Å²) in [6.07, 6.45) is 0. The highest BCUT2D eigenvalue weighted by atomic mass is 32.1. The van der Waals surface area contributed by atoms with Gasteiger partial charge in [0.25, 0.3) is 0 Å². The molecule has 1 aromatic heterocycles. The molecule has 6 heteroatoms. The van der Waals surface area contributed by atoms with Crippen LogP contribution < -0.4 is 10.6 Å². The second-order valence-electron chi connectivity index (χ2n) is 5.09. The first-order valence-corrected chi connectivity index (χ1v) is 8.02. The van der Waals surface area contributed by atoms with E-state index in [2.05, 4.69) is 10.6 Å². The minimum absolute atomic E-state index is 0.0405. The maximum atomic E-state index is 12.2. The molecule has 2 amide bonds. The number of carbonyl (C=O) groups excluding carboxylic acids is 2. The number of nitrogens with zero attached hydrogens (tertiary/aromatic N) is 1. The average molecular weight is 315 g/mol. The molecule has 1 saturated heterocycles. The van der Waals surface area contributed by atoms with Gasteiger partial charge in [0.2, 0.25) is 11.8 Å². The van der Waals surface area contributed by atoms with Crippen LogP contribution in [0.1, 0.15) is 10.9 Å². The first-order chi connectivity index (χ1) is 10.7. The van der Waals surface area contributed by atoms with Crippen LogP contribution in [0.25, 0.3) is 0 Å². The summed E-state index contributed by atoms with van der Waals surface area (Å²) in [7, 11) is 0. The predicted molar refractivity (Wildman–Crippen MR) is 86.7 cm³/mol. The van der Waals surface area contributed by atoms with Crippen molar-refractivity contribution in [2.45, 2.75) is 6.04 Å². The van der Waals surface area contributed by atoms with Crippen molar-refractivity contribution in [1.82, 2.24) is 10.2 Å². The van der Waals surface area contributed by atoms with E-state index in [9.17, 15) is 9.59 Å². The molecule has 22 heavy (non-hydrogen) atoms. The molecule has 1 aliphatic rings. The van der Waals surface area contributed by atoms with Crippen LogP contribution in [0.5, 0.6) is 0 Å². The van der Waals surface area contributed by atoms with Gasteiger partial charge in [-0.05, 0) is 23.6 Å². The summed E-state index contributed by atoms with van der Waals surface area (Å²) in [4.78, 5) is 27.3. The largest absolute Gasteiger partial charge is 0.353 e. The molecule has 1 aromatic carbocycles. The Balaban J connectivity index is 1.69. The van der Waals surface area contributed by atoms with Crippen LogP contribution in [0.3, 0.4) is 0 Å². The second-order valence-corrected chi connectivity index (χ2v) is 6.07. The van der Waals surface area contributed by atoms with E-state index in [-0.39, 0.29) is 24.4 Å². The van der Waals surface area contributed by atoms with Gasteiger partial charge in [-0.15, -0.1) is 11.3 Å². The molecular formula is C16H17N3O2S. The Labute approximate surface area is 132 Å². The number of hydrogen-bond donors (Lipinski definition) is 2. The highest BCUT2D eigenvalue weighted by molar-refractivity contribution is 7.10. The van der Waals surface area contributed by atoms with Gasteiger partial charge < -0.3 is 10.6 Å². The third kappa shape index (κ3) is 3.35. The second kappa shape index (κ2) is 6.72. The van der Waals surface area contributed by atoms with Crippen molar-refractivity contribution in [3.8, 4) is 0 Å². The van der Waals surface area contributed by atoms with Gasteiger partial charge in [0.1, 0.15) is 6.04 Å². The van der Waals surface area contributed by atoms with E-state index in [0.717, 1.165) is 10.6 Å². The van der Waals surface area contributed by atoms with Crippen LogP contribution in [0.2, 0.25) is 0 Å². The van der Waals surface area contributed by atoms with Crippen molar-refractivity contribution in [2.75, 3.05) is 25.0 Å². The van der Waals surface area contributed by atoms with Crippen LogP contribution in [0.4, 0.5) is 5.69 Å². The van der Waals surface area contributed by atoms with E-state index in [0.29, 0.717) is 13.1 Å². The molecule has 0 saturated carbocycles. The molecule has 2 N–H and O–H groups in total. The predicted octanol–water partition coefficient (Wildman–Crippen LogP) is 1.86. The maximum Gasteiger partial charge on any atom is 0.242 e. The van der Waals surface area contributed by atoms with Gasteiger partial charge in [-0.2, -0.15) is 0 Å². The summed E-state index contributed by atoms with van der Waals surface area (Å²) >= 11 is 1.53. The Kier molecular flexibility index (Phi) is 4.50. The molecular weight excluding hydrogens is 298 g/mol. The van der Waals surface area contributed by atoms with E-state index in [1.807, 2.05) is 52.7 Å². The number of nitrogens with one attached hydrogen (secondary N) is 2. The monoisotopic (exact) mass is 315 g/mol. The zero-order valence-corrected chi connectivity index (χ0v) is 12.8. The fourth-order valence-electron chi connectivity index (χ4n) is 2.55. The number of thiophene rings is 1. The van der Waals surface area contributed by atoms with Crippen LogP contribution in [-0.4, -0.2) is 36.3 Å². The molecule has 114 valence electrons. The zero-order chi connectivity index (χ0) is 15.4. The SMILES string of the molecule is O=C(CN1CCNC(=O)C1c1cccs1)Nc1ccccc1. The summed E-state index contributed by atoms with van der Waals surface area (Å²) in [6.45, 7) is 1.43. The number of benzene rings is 1. The summed E-state index contributed by atoms with van der Waals surface area (Å²) in [5.74, 6) is -0.149. The molecule has 0 spiro atoms. The van der Waals surface area contributed by atoms with Gasteiger partial charge in [0.15, 0.2) is 0 Å². The normalized spacial score (nSPS) is 18.7. The first-order valence-electron chi connectivity index (χ1n) is 7.14. The van der Waals surface area contributed by atoms with Crippen LogP contribution in [0.15, 0.2) is 47.8 Å². The number of piperazine rings is 1. The van der Waals surface area contributed by atoms with Gasteiger partial charge in [-0.3, -0.25) is 14.5 Å². The summed E-state index contributed by atoms with van der Waals surface area (Å²) < 4.78 is 0. The lowest BCUT2D eigenvalue weighted by atomic mass is 10.1. The highest BCUT2D eigenvalue weighted by Crippen LogP contribution is 2.26. The Morgan fingerprint density at radius 3 is 2.82 bits per heavy atom. The number of rotatable bonds is 4. The summed E-state index contributed by atoms with van der Waals surface area (Å²) in [6, 6.07) is 12.8. The van der Waals surface area contributed by atoms with Gasteiger partial charge in [-0.1, -0.05) is 24.3 Å². The lowest BCUT2D eigenvalue weighted by molar-refractivity contribution is -0.130. The van der Waals surface area contributed by atoms with Crippen molar-refractivity contribution in [3.63, 3.8) is 0 Å². The molecule has 0 radical (unpaired) electrons. The smallest absolute Gasteiger partial charge is 0.242 e. The van der Waals surface area contributed by atoms with Crippen molar-refractivity contribution >= 4 is 28.8 Å². The highest BCUT2D eigenvalue weighted by Gasteiger charge is 2.32. The minimum atomic E-state index is -0.379. The third-order valence-electron chi connectivity index (χ3n) is 3.53. The Bertz CT molecular complexity index is 643. The molecule has 0 bridgehead atoms. The van der Waals surface area contributed by atoms with E-state index in [1.165, 1.54) is 11.3 Å². The van der Waals surface area contributed by atoms with Gasteiger partial charge >= 0.3 is 0 Å². The van der Waals surface area contributed by atoms with Crippen molar-refractivity contribution in [3.05, 3.63) is 52.7 Å². The number of para-hydroxylation sites is 1. The molecule has 0 aliphatic carbocycles. The van der Waals surface area contributed by atoms with Gasteiger partial charge in [0, 0.05) is 23.7 Å².